The standard InChI is InChI=1S/C25H32N4O3/c1-17-9-8-12-19(15-17)27-24(32)28(25(2,3)4)16-22(30)29-20(13-14-21(29)23(26)31)18-10-6-5-7-11-18/h5-12,15,20-21H,13-14,16H2,1-4H3,(H2,26,31)(H,27,32). The highest BCUT2D eigenvalue weighted by molar-refractivity contribution is 5.94. The molecule has 2 aromatic carbocycles. The largest absolute Gasteiger partial charge is 0.368 e. The van der Waals surface area contributed by atoms with Gasteiger partial charge in [0.25, 0.3) is 0 Å². The highest BCUT2D eigenvalue weighted by Crippen LogP contribution is 2.36. The van der Waals surface area contributed by atoms with E-state index in [-0.39, 0.29) is 24.5 Å². The number of anilines is 1. The van der Waals surface area contributed by atoms with Crippen LogP contribution in [0, 0.1) is 6.92 Å². The van der Waals surface area contributed by atoms with E-state index in [2.05, 4.69) is 5.32 Å². The summed E-state index contributed by atoms with van der Waals surface area (Å²) in [5, 5.41) is 2.89. The number of aryl methyl sites for hydroxylation is 1. The van der Waals surface area contributed by atoms with Gasteiger partial charge in [-0.25, -0.2) is 4.79 Å². The molecule has 2 atom stereocenters. The maximum absolute atomic E-state index is 13.5. The van der Waals surface area contributed by atoms with Crippen LogP contribution >= 0.6 is 0 Å². The molecule has 170 valence electrons. The molecule has 0 radical (unpaired) electrons. The summed E-state index contributed by atoms with van der Waals surface area (Å²) in [5.41, 5.74) is 7.65. The maximum atomic E-state index is 13.5. The third-order valence-electron chi connectivity index (χ3n) is 5.80. The number of carbonyl (C=O) groups excluding carboxylic acids is 3. The Morgan fingerprint density at radius 3 is 2.34 bits per heavy atom. The smallest absolute Gasteiger partial charge is 0.322 e. The van der Waals surface area contributed by atoms with Crippen LogP contribution in [0.3, 0.4) is 0 Å². The van der Waals surface area contributed by atoms with Crippen LogP contribution in [0.4, 0.5) is 10.5 Å². The van der Waals surface area contributed by atoms with E-state index in [1.807, 2.05) is 82.3 Å². The Hall–Kier alpha value is -3.35. The van der Waals surface area contributed by atoms with Gasteiger partial charge in [-0.05, 0) is 63.8 Å². The second kappa shape index (κ2) is 9.42. The number of rotatable bonds is 5. The Bertz CT molecular complexity index is 984. The zero-order valence-electron chi connectivity index (χ0n) is 19.2. The lowest BCUT2D eigenvalue weighted by Gasteiger charge is -2.38. The van der Waals surface area contributed by atoms with Gasteiger partial charge in [-0.15, -0.1) is 0 Å². The van der Waals surface area contributed by atoms with Gasteiger partial charge in [-0.2, -0.15) is 0 Å². The average Bonchev–Trinajstić information content (AvgIpc) is 3.17. The van der Waals surface area contributed by atoms with Crippen molar-refractivity contribution in [3.8, 4) is 0 Å². The van der Waals surface area contributed by atoms with Crippen LogP contribution in [0.1, 0.15) is 50.8 Å². The molecule has 1 aliphatic heterocycles. The molecular weight excluding hydrogens is 404 g/mol. The molecule has 0 saturated carbocycles. The molecule has 7 nitrogen and oxygen atoms in total. The van der Waals surface area contributed by atoms with Crippen LogP contribution in [-0.4, -0.2) is 45.8 Å². The monoisotopic (exact) mass is 436 g/mol. The van der Waals surface area contributed by atoms with Crippen molar-refractivity contribution in [1.29, 1.82) is 0 Å². The van der Waals surface area contributed by atoms with E-state index in [4.69, 9.17) is 5.73 Å². The zero-order valence-corrected chi connectivity index (χ0v) is 19.2. The van der Waals surface area contributed by atoms with Gasteiger partial charge in [0.15, 0.2) is 0 Å². The molecule has 7 heteroatoms. The fourth-order valence-corrected chi connectivity index (χ4v) is 4.18. The summed E-state index contributed by atoms with van der Waals surface area (Å²) in [6, 6.07) is 15.8. The second-order valence-corrected chi connectivity index (χ2v) is 9.28. The van der Waals surface area contributed by atoms with Gasteiger partial charge < -0.3 is 20.9 Å². The highest BCUT2D eigenvalue weighted by atomic mass is 16.2. The molecule has 32 heavy (non-hydrogen) atoms. The molecule has 4 amide bonds. The molecule has 1 saturated heterocycles. The van der Waals surface area contributed by atoms with Gasteiger partial charge in [0.2, 0.25) is 11.8 Å². The predicted octanol–water partition coefficient (Wildman–Crippen LogP) is 3.85. The minimum Gasteiger partial charge on any atom is -0.368 e. The molecule has 2 aromatic rings. The van der Waals surface area contributed by atoms with E-state index in [0.29, 0.717) is 18.5 Å². The Morgan fingerprint density at radius 1 is 1.06 bits per heavy atom. The summed E-state index contributed by atoms with van der Waals surface area (Å²) in [6.45, 7) is 7.41. The average molecular weight is 437 g/mol. The van der Waals surface area contributed by atoms with Crippen molar-refractivity contribution < 1.29 is 14.4 Å². The first-order valence-electron chi connectivity index (χ1n) is 10.9. The lowest BCUT2D eigenvalue weighted by Crippen LogP contribution is -2.54. The van der Waals surface area contributed by atoms with Crippen molar-refractivity contribution in [3.05, 3.63) is 65.7 Å². The normalized spacial score (nSPS) is 18.3. The molecule has 0 bridgehead atoms. The number of primary amides is 1. The molecule has 0 aliphatic carbocycles. The van der Waals surface area contributed by atoms with Crippen molar-refractivity contribution in [2.45, 2.75) is 58.2 Å². The number of carbonyl (C=O) groups is 3. The topological polar surface area (TPSA) is 95.7 Å². The van der Waals surface area contributed by atoms with Crippen molar-refractivity contribution >= 4 is 23.5 Å². The van der Waals surface area contributed by atoms with Gasteiger partial charge in [0.1, 0.15) is 12.6 Å². The van der Waals surface area contributed by atoms with E-state index in [9.17, 15) is 14.4 Å². The molecule has 0 aromatic heterocycles. The summed E-state index contributed by atoms with van der Waals surface area (Å²) in [4.78, 5) is 41.8. The Kier molecular flexibility index (Phi) is 6.87. The minimum absolute atomic E-state index is 0.158. The van der Waals surface area contributed by atoms with Crippen LogP contribution in [0.2, 0.25) is 0 Å². The van der Waals surface area contributed by atoms with Crippen LogP contribution in [-0.2, 0) is 9.59 Å². The van der Waals surface area contributed by atoms with Gasteiger partial charge in [0, 0.05) is 11.2 Å². The summed E-state index contributed by atoms with van der Waals surface area (Å²) >= 11 is 0. The Labute approximate surface area is 189 Å². The number of urea groups is 1. The van der Waals surface area contributed by atoms with Gasteiger partial charge in [-0.1, -0.05) is 42.5 Å². The molecule has 1 fully saturated rings. The van der Waals surface area contributed by atoms with Gasteiger partial charge in [0.05, 0.1) is 6.04 Å². The molecule has 1 heterocycles. The van der Waals surface area contributed by atoms with Crippen molar-refractivity contribution in [1.82, 2.24) is 9.80 Å². The first kappa shape index (κ1) is 23.3. The fourth-order valence-electron chi connectivity index (χ4n) is 4.18. The van der Waals surface area contributed by atoms with Gasteiger partial charge in [-0.3, -0.25) is 9.59 Å². The summed E-state index contributed by atoms with van der Waals surface area (Å²) in [6.07, 6.45) is 1.15. The lowest BCUT2D eigenvalue weighted by molar-refractivity contribution is -0.140. The number of nitrogens with one attached hydrogen (secondary N) is 1. The molecule has 0 spiro atoms. The predicted molar refractivity (Wildman–Crippen MR) is 125 cm³/mol. The minimum atomic E-state index is -0.686. The van der Waals surface area contributed by atoms with Crippen molar-refractivity contribution in [2.75, 3.05) is 11.9 Å². The Morgan fingerprint density at radius 2 is 1.75 bits per heavy atom. The lowest BCUT2D eigenvalue weighted by atomic mass is 10.0. The van der Waals surface area contributed by atoms with E-state index >= 15 is 0 Å². The van der Waals surface area contributed by atoms with Gasteiger partial charge >= 0.3 is 6.03 Å². The van der Waals surface area contributed by atoms with Crippen LogP contribution in [0.25, 0.3) is 0 Å². The number of nitrogens with two attached hydrogens (primary N) is 1. The first-order valence-corrected chi connectivity index (χ1v) is 10.9. The number of hydrogen-bond acceptors (Lipinski definition) is 3. The molecule has 3 rings (SSSR count). The van der Waals surface area contributed by atoms with E-state index in [1.165, 1.54) is 4.90 Å². The third-order valence-corrected chi connectivity index (χ3v) is 5.80. The SMILES string of the molecule is Cc1cccc(NC(=O)N(CC(=O)N2C(C(N)=O)CCC2c2ccccc2)C(C)(C)C)c1. The number of nitrogens with zero attached hydrogens (tertiary/aromatic N) is 2. The number of likely N-dealkylation sites (tertiary alicyclic amines) is 1. The number of amides is 4. The summed E-state index contributed by atoms with van der Waals surface area (Å²) in [5.74, 6) is -0.822. The number of benzene rings is 2. The molecule has 3 N–H and O–H groups in total. The van der Waals surface area contributed by atoms with Crippen LogP contribution in [0.5, 0.6) is 0 Å². The zero-order chi connectivity index (χ0) is 23.5. The second-order valence-electron chi connectivity index (χ2n) is 9.28. The summed E-state index contributed by atoms with van der Waals surface area (Å²) < 4.78 is 0. The van der Waals surface area contributed by atoms with Crippen molar-refractivity contribution in [2.24, 2.45) is 5.73 Å². The van der Waals surface area contributed by atoms with Crippen LogP contribution in [0.15, 0.2) is 54.6 Å². The Balaban J connectivity index is 1.85. The van der Waals surface area contributed by atoms with E-state index < -0.39 is 17.5 Å². The maximum Gasteiger partial charge on any atom is 0.322 e. The first-order chi connectivity index (χ1) is 15.1. The molecule has 2 unspecified atom stereocenters. The highest BCUT2D eigenvalue weighted by Gasteiger charge is 2.42. The van der Waals surface area contributed by atoms with E-state index in [1.54, 1.807) is 4.90 Å². The third kappa shape index (κ3) is 5.28. The fraction of sp³-hybridized carbons (Fsp3) is 0.400. The van der Waals surface area contributed by atoms with E-state index in [0.717, 1.165) is 11.1 Å². The number of hydrogen-bond donors (Lipinski definition) is 2. The molecular formula is C25H32N4O3. The summed E-state index contributed by atoms with van der Waals surface area (Å²) in [7, 11) is 0. The quantitative estimate of drug-likeness (QED) is 0.745. The van der Waals surface area contributed by atoms with Crippen LogP contribution < -0.4 is 11.1 Å². The molecule has 1 aliphatic rings. The van der Waals surface area contributed by atoms with Crippen molar-refractivity contribution in [3.63, 3.8) is 0 Å².